The van der Waals surface area contributed by atoms with E-state index in [1.165, 1.54) is 110 Å². The molecule has 0 atom stereocenters. The Labute approximate surface area is 334 Å². The van der Waals surface area contributed by atoms with E-state index in [-0.39, 0.29) is 5.41 Å². The SMILES string of the molecule is CC1(C)c2ccccc2-c2ccc(-c3c4ccccc4c(-c4ccc(-c5ccccc5)c(-c5ccccc5)c4)c4ccc(-c5ccc6ccccc6c5)cc34)cc21. The van der Waals surface area contributed by atoms with E-state index in [4.69, 9.17) is 0 Å². The Morgan fingerprint density at radius 3 is 1.53 bits per heavy atom. The third-order valence-electron chi connectivity index (χ3n) is 12.5. The fraction of sp³-hybridized carbons (Fsp3) is 0.0526. The van der Waals surface area contributed by atoms with Crippen molar-refractivity contribution in [2.45, 2.75) is 19.3 Å². The maximum absolute atomic E-state index is 2.49. The first-order valence-electron chi connectivity index (χ1n) is 20.0. The highest BCUT2D eigenvalue weighted by molar-refractivity contribution is 6.22. The molecule has 1 aliphatic rings. The average Bonchev–Trinajstić information content (AvgIpc) is 3.50. The molecule has 0 aliphatic heterocycles. The maximum Gasteiger partial charge on any atom is 0.0159 e. The number of hydrogen-bond donors (Lipinski definition) is 0. The van der Waals surface area contributed by atoms with Crippen LogP contribution in [0.25, 0.3) is 99.1 Å². The van der Waals surface area contributed by atoms with Gasteiger partial charge in [-0.15, -0.1) is 0 Å². The summed E-state index contributed by atoms with van der Waals surface area (Å²) in [6.07, 6.45) is 0. The van der Waals surface area contributed by atoms with Crippen LogP contribution in [0.2, 0.25) is 0 Å². The van der Waals surface area contributed by atoms with Gasteiger partial charge >= 0.3 is 0 Å². The van der Waals surface area contributed by atoms with Crippen LogP contribution in [-0.4, -0.2) is 0 Å². The van der Waals surface area contributed by atoms with Crippen LogP contribution in [0.4, 0.5) is 0 Å². The molecule has 1 aliphatic carbocycles. The van der Waals surface area contributed by atoms with Crippen LogP contribution in [0.15, 0.2) is 206 Å². The van der Waals surface area contributed by atoms with Crippen molar-refractivity contribution in [3.63, 3.8) is 0 Å². The van der Waals surface area contributed by atoms with E-state index in [0.717, 1.165) is 0 Å². The maximum atomic E-state index is 2.49. The van der Waals surface area contributed by atoms with Crippen molar-refractivity contribution in [1.82, 2.24) is 0 Å². The van der Waals surface area contributed by atoms with E-state index >= 15 is 0 Å². The summed E-state index contributed by atoms with van der Waals surface area (Å²) in [6.45, 7) is 4.75. The lowest BCUT2D eigenvalue weighted by Gasteiger charge is -2.23. The lowest BCUT2D eigenvalue weighted by molar-refractivity contribution is 0.660. The topological polar surface area (TPSA) is 0 Å². The van der Waals surface area contributed by atoms with E-state index in [2.05, 4.69) is 220 Å². The normalized spacial score (nSPS) is 12.9. The molecule has 0 saturated heterocycles. The van der Waals surface area contributed by atoms with E-state index in [0.29, 0.717) is 0 Å². The van der Waals surface area contributed by atoms with Gasteiger partial charge in [-0.25, -0.2) is 0 Å². The fourth-order valence-corrected chi connectivity index (χ4v) is 9.63. The minimum absolute atomic E-state index is 0.0991. The van der Waals surface area contributed by atoms with E-state index in [1.807, 2.05) is 0 Å². The van der Waals surface area contributed by atoms with Gasteiger partial charge in [-0.3, -0.25) is 0 Å². The van der Waals surface area contributed by atoms with E-state index in [1.54, 1.807) is 0 Å². The quantitative estimate of drug-likeness (QED) is 0.155. The van der Waals surface area contributed by atoms with Crippen LogP contribution < -0.4 is 0 Å². The third kappa shape index (κ3) is 5.36. The molecule has 0 aromatic heterocycles. The number of fused-ring (bicyclic) bond motifs is 6. The fourth-order valence-electron chi connectivity index (χ4n) is 9.63. The molecule has 0 unspecified atom stereocenters. The predicted octanol–water partition coefficient (Wildman–Crippen LogP) is 15.8. The first-order valence-corrected chi connectivity index (χ1v) is 20.0. The second-order valence-electron chi connectivity index (χ2n) is 16.0. The summed E-state index contributed by atoms with van der Waals surface area (Å²) < 4.78 is 0. The van der Waals surface area contributed by atoms with Crippen LogP contribution >= 0.6 is 0 Å². The molecule has 0 spiro atoms. The molecule has 0 nitrogen and oxygen atoms in total. The Kier molecular flexibility index (Phi) is 7.63. The summed E-state index contributed by atoms with van der Waals surface area (Å²) in [6, 6.07) is 76.6. The minimum atomic E-state index is -0.0991. The molecule has 0 bridgehead atoms. The minimum Gasteiger partial charge on any atom is -0.0622 e. The van der Waals surface area contributed by atoms with Crippen molar-refractivity contribution in [3.05, 3.63) is 217 Å². The summed E-state index contributed by atoms with van der Waals surface area (Å²) in [4.78, 5) is 0. The first-order chi connectivity index (χ1) is 28.0. The molecule has 0 heteroatoms. The Balaban J connectivity index is 1.21. The molecule has 10 aromatic rings. The Morgan fingerprint density at radius 1 is 0.263 bits per heavy atom. The summed E-state index contributed by atoms with van der Waals surface area (Å²) in [5.74, 6) is 0. The number of benzene rings is 10. The second-order valence-corrected chi connectivity index (χ2v) is 16.0. The monoisotopic (exact) mass is 724 g/mol. The summed E-state index contributed by atoms with van der Waals surface area (Å²) in [7, 11) is 0. The van der Waals surface area contributed by atoms with Crippen molar-refractivity contribution in [2.24, 2.45) is 0 Å². The Bertz CT molecular complexity index is 3180. The van der Waals surface area contributed by atoms with Gasteiger partial charge in [0.2, 0.25) is 0 Å². The lowest BCUT2D eigenvalue weighted by atomic mass is 9.80. The zero-order chi connectivity index (χ0) is 38.1. The molecule has 268 valence electrons. The molecule has 0 fully saturated rings. The molecule has 10 aromatic carbocycles. The van der Waals surface area contributed by atoms with Crippen molar-refractivity contribution in [3.8, 4) is 66.8 Å². The van der Waals surface area contributed by atoms with Gasteiger partial charge in [0.05, 0.1) is 0 Å². The van der Waals surface area contributed by atoms with Crippen molar-refractivity contribution < 1.29 is 0 Å². The van der Waals surface area contributed by atoms with Crippen LogP contribution in [0.3, 0.4) is 0 Å². The van der Waals surface area contributed by atoms with Crippen molar-refractivity contribution in [2.75, 3.05) is 0 Å². The third-order valence-corrected chi connectivity index (χ3v) is 12.5. The Hall–Kier alpha value is -7.02. The van der Waals surface area contributed by atoms with Gasteiger partial charge in [0.1, 0.15) is 0 Å². The zero-order valence-corrected chi connectivity index (χ0v) is 32.1. The molecule has 57 heavy (non-hydrogen) atoms. The van der Waals surface area contributed by atoms with Crippen LogP contribution in [0.5, 0.6) is 0 Å². The standard InChI is InChI=1S/C57H40/c1-57(2)53-24-14-13-21-46(53)47-31-29-44(36-54(47)57)56-49-23-12-11-22-48(49)55(50-32-27-42(34-52(50)56)41-26-25-37-15-9-10-20-40(37)33-41)43-28-30-45(38-16-5-3-6-17-38)51(35-43)39-18-7-4-8-19-39/h3-36H,1-2H3. The Morgan fingerprint density at radius 2 is 0.772 bits per heavy atom. The van der Waals surface area contributed by atoms with Gasteiger partial charge in [-0.2, -0.15) is 0 Å². The highest BCUT2D eigenvalue weighted by Gasteiger charge is 2.35. The van der Waals surface area contributed by atoms with Gasteiger partial charge < -0.3 is 0 Å². The zero-order valence-electron chi connectivity index (χ0n) is 32.1. The van der Waals surface area contributed by atoms with Gasteiger partial charge in [-0.05, 0) is 134 Å². The van der Waals surface area contributed by atoms with Gasteiger partial charge in [0, 0.05) is 5.41 Å². The second kappa shape index (κ2) is 13.0. The van der Waals surface area contributed by atoms with Crippen molar-refractivity contribution in [1.29, 1.82) is 0 Å². The van der Waals surface area contributed by atoms with E-state index < -0.39 is 0 Å². The van der Waals surface area contributed by atoms with Crippen LogP contribution in [-0.2, 0) is 5.41 Å². The summed E-state index contributed by atoms with van der Waals surface area (Å²) in [5, 5.41) is 7.54. The van der Waals surface area contributed by atoms with Crippen LogP contribution in [0.1, 0.15) is 25.0 Å². The van der Waals surface area contributed by atoms with Crippen molar-refractivity contribution >= 4 is 32.3 Å². The molecule has 0 radical (unpaired) electrons. The molecular weight excluding hydrogens is 685 g/mol. The first kappa shape index (κ1) is 33.3. The van der Waals surface area contributed by atoms with Gasteiger partial charge in [0.25, 0.3) is 0 Å². The summed E-state index contributed by atoms with van der Waals surface area (Å²) in [5.41, 5.74) is 17.7. The number of rotatable bonds is 5. The van der Waals surface area contributed by atoms with E-state index in [9.17, 15) is 0 Å². The molecular formula is C57H40. The molecule has 0 N–H and O–H groups in total. The lowest BCUT2D eigenvalue weighted by Crippen LogP contribution is -2.14. The average molecular weight is 725 g/mol. The summed E-state index contributed by atoms with van der Waals surface area (Å²) >= 11 is 0. The predicted molar refractivity (Wildman–Crippen MR) is 244 cm³/mol. The smallest absolute Gasteiger partial charge is 0.0159 e. The molecule has 11 rings (SSSR count). The van der Waals surface area contributed by atoms with Crippen LogP contribution in [0, 0.1) is 0 Å². The largest absolute Gasteiger partial charge is 0.0622 e. The molecule has 0 saturated carbocycles. The molecule has 0 heterocycles. The van der Waals surface area contributed by atoms with Gasteiger partial charge in [-0.1, -0.05) is 196 Å². The van der Waals surface area contributed by atoms with Gasteiger partial charge in [0.15, 0.2) is 0 Å². The molecule has 0 amide bonds. The highest BCUT2D eigenvalue weighted by atomic mass is 14.4. The number of hydrogen-bond acceptors (Lipinski definition) is 0. The highest BCUT2D eigenvalue weighted by Crippen LogP contribution is 2.52.